The van der Waals surface area contributed by atoms with E-state index in [-0.39, 0.29) is 11.2 Å². The fraction of sp³-hybridized carbons (Fsp3) is 0.538. The molecule has 0 saturated carbocycles. The molecule has 0 amide bonds. The van der Waals surface area contributed by atoms with E-state index in [1.807, 2.05) is 12.1 Å². The van der Waals surface area contributed by atoms with E-state index in [2.05, 4.69) is 20.8 Å². The fourth-order valence-corrected chi connectivity index (χ4v) is 1.79. The van der Waals surface area contributed by atoms with Gasteiger partial charge in [0, 0.05) is 0 Å². The lowest BCUT2D eigenvalue weighted by Gasteiger charge is -2.31. The van der Waals surface area contributed by atoms with Crippen molar-refractivity contribution >= 4 is 0 Å². The van der Waals surface area contributed by atoms with Crippen LogP contribution in [0, 0.1) is 11.2 Å². The smallest absolute Gasteiger partial charge is 0.123 e. The van der Waals surface area contributed by atoms with E-state index in [4.69, 9.17) is 5.73 Å². The Hall–Kier alpha value is -0.890. The number of rotatable bonds is 4. The van der Waals surface area contributed by atoms with Gasteiger partial charge >= 0.3 is 0 Å². The van der Waals surface area contributed by atoms with Gasteiger partial charge in [0.25, 0.3) is 0 Å². The van der Waals surface area contributed by atoms with Crippen molar-refractivity contribution in [2.45, 2.75) is 33.1 Å². The molecule has 2 N–H and O–H groups in total. The predicted octanol–water partition coefficient (Wildman–Crippen LogP) is 3.30. The van der Waals surface area contributed by atoms with Crippen molar-refractivity contribution in [1.82, 2.24) is 0 Å². The third-order valence-corrected chi connectivity index (χ3v) is 3.33. The monoisotopic (exact) mass is 209 g/mol. The molecule has 0 aliphatic rings. The average Bonchev–Trinajstić information content (AvgIpc) is 2.18. The van der Waals surface area contributed by atoms with Gasteiger partial charge in [-0.1, -0.05) is 32.9 Å². The number of hydrogen-bond acceptors (Lipinski definition) is 1. The first-order valence-corrected chi connectivity index (χ1v) is 5.43. The van der Waals surface area contributed by atoms with Gasteiger partial charge in [-0.25, -0.2) is 4.39 Å². The Morgan fingerprint density at radius 3 is 2.27 bits per heavy atom. The Morgan fingerprint density at radius 1 is 1.27 bits per heavy atom. The third kappa shape index (κ3) is 3.03. The maximum Gasteiger partial charge on any atom is 0.123 e. The highest BCUT2D eigenvalue weighted by Gasteiger charge is 2.25. The summed E-state index contributed by atoms with van der Waals surface area (Å²) in [5, 5.41) is 0. The van der Waals surface area contributed by atoms with Gasteiger partial charge in [0.05, 0.1) is 0 Å². The van der Waals surface area contributed by atoms with Gasteiger partial charge in [0.2, 0.25) is 0 Å². The van der Waals surface area contributed by atoms with E-state index in [1.54, 1.807) is 0 Å². The van der Waals surface area contributed by atoms with Crippen LogP contribution in [0.1, 0.15) is 38.7 Å². The molecule has 1 atom stereocenters. The highest BCUT2D eigenvalue weighted by atomic mass is 19.1. The zero-order chi connectivity index (χ0) is 11.5. The van der Waals surface area contributed by atoms with Gasteiger partial charge in [0.15, 0.2) is 0 Å². The molecule has 1 aromatic rings. The van der Waals surface area contributed by atoms with E-state index in [0.717, 1.165) is 6.42 Å². The molecule has 0 bridgehead atoms. The quantitative estimate of drug-likeness (QED) is 0.809. The van der Waals surface area contributed by atoms with Crippen molar-refractivity contribution in [1.29, 1.82) is 0 Å². The second-order valence-electron chi connectivity index (χ2n) is 4.80. The van der Waals surface area contributed by atoms with Crippen molar-refractivity contribution in [2.75, 3.05) is 6.54 Å². The van der Waals surface area contributed by atoms with Crippen LogP contribution in [0.3, 0.4) is 0 Å². The highest BCUT2D eigenvalue weighted by molar-refractivity contribution is 5.21. The summed E-state index contributed by atoms with van der Waals surface area (Å²) in [7, 11) is 0. The van der Waals surface area contributed by atoms with Gasteiger partial charge in [-0.05, 0) is 42.0 Å². The number of hydrogen-bond donors (Lipinski definition) is 1. The molecule has 0 aliphatic heterocycles. The second-order valence-corrected chi connectivity index (χ2v) is 4.80. The van der Waals surface area contributed by atoms with E-state index >= 15 is 0 Å². The first-order chi connectivity index (χ1) is 6.97. The average molecular weight is 209 g/mol. The molecule has 0 radical (unpaired) electrons. The minimum Gasteiger partial charge on any atom is -0.330 e. The molecular weight excluding hydrogens is 189 g/mol. The molecular formula is C13H20FN. The number of halogens is 1. The molecule has 0 fully saturated rings. The molecule has 84 valence electrons. The molecule has 0 spiro atoms. The Bertz CT molecular complexity index is 303. The van der Waals surface area contributed by atoms with E-state index in [0.29, 0.717) is 12.5 Å². The summed E-state index contributed by atoms with van der Waals surface area (Å²) in [4.78, 5) is 0. The van der Waals surface area contributed by atoms with Crippen molar-refractivity contribution in [3.8, 4) is 0 Å². The van der Waals surface area contributed by atoms with Crippen LogP contribution in [-0.4, -0.2) is 6.54 Å². The summed E-state index contributed by atoms with van der Waals surface area (Å²) >= 11 is 0. The van der Waals surface area contributed by atoms with Gasteiger partial charge < -0.3 is 5.73 Å². The van der Waals surface area contributed by atoms with Gasteiger partial charge in [0.1, 0.15) is 5.82 Å². The summed E-state index contributed by atoms with van der Waals surface area (Å²) in [5.41, 5.74) is 6.93. The maximum atomic E-state index is 12.8. The van der Waals surface area contributed by atoms with Crippen LogP contribution >= 0.6 is 0 Å². The largest absolute Gasteiger partial charge is 0.330 e. The first-order valence-electron chi connectivity index (χ1n) is 5.43. The van der Waals surface area contributed by atoms with Crippen LogP contribution in [0.4, 0.5) is 4.39 Å². The standard InChI is InChI=1S/C13H20FN/c1-10(13(2,3)8-9-15)11-4-6-12(14)7-5-11/h4-7,10H,8-9,15H2,1-3H3. The van der Waals surface area contributed by atoms with Crippen molar-refractivity contribution in [3.63, 3.8) is 0 Å². The molecule has 15 heavy (non-hydrogen) atoms. The molecule has 1 rings (SSSR count). The Morgan fingerprint density at radius 2 is 1.80 bits per heavy atom. The van der Waals surface area contributed by atoms with Crippen LogP contribution in [0.15, 0.2) is 24.3 Å². The van der Waals surface area contributed by atoms with E-state index in [9.17, 15) is 4.39 Å². The lowest BCUT2D eigenvalue weighted by molar-refractivity contribution is 0.281. The predicted molar refractivity (Wildman–Crippen MR) is 62.3 cm³/mol. The van der Waals surface area contributed by atoms with Crippen molar-refractivity contribution < 1.29 is 4.39 Å². The summed E-state index contributed by atoms with van der Waals surface area (Å²) in [6.45, 7) is 7.27. The van der Waals surface area contributed by atoms with Crippen molar-refractivity contribution in [2.24, 2.45) is 11.1 Å². The van der Waals surface area contributed by atoms with Crippen LogP contribution in [0.2, 0.25) is 0 Å². The van der Waals surface area contributed by atoms with Gasteiger partial charge in [-0.3, -0.25) is 0 Å². The molecule has 1 nitrogen and oxygen atoms in total. The lowest BCUT2D eigenvalue weighted by Crippen LogP contribution is -2.23. The van der Waals surface area contributed by atoms with Crippen LogP contribution in [0.5, 0.6) is 0 Å². The van der Waals surface area contributed by atoms with E-state index in [1.165, 1.54) is 17.7 Å². The molecule has 1 aromatic carbocycles. The van der Waals surface area contributed by atoms with Gasteiger partial charge in [-0.15, -0.1) is 0 Å². The van der Waals surface area contributed by atoms with Crippen LogP contribution in [0.25, 0.3) is 0 Å². The highest BCUT2D eigenvalue weighted by Crippen LogP contribution is 2.37. The first kappa shape index (κ1) is 12.2. The topological polar surface area (TPSA) is 26.0 Å². The number of nitrogens with two attached hydrogens (primary N) is 1. The van der Waals surface area contributed by atoms with Crippen LogP contribution < -0.4 is 5.73 Å². The summed E-state index contributed by atoms with van der Waals surface area (Å²) in [6, 6.07) is 6.76. The lowest BCUT2D eigenvalue weighted by atomic mass is 9.74. The minimum absolute atomic E-state index is 0.159. The Balaban J connectivity index is 2.84. The van der Waals surface area contributed by atoms with Crippen LogP contribution in [-0.2, 0) is 0 Å². The zero-order valence-electron chi connectivity index (χ0n) is 9.76. The van der Waals surface area contributed by atoms with E-state index < -0.39 is 0 Å². The van der Waals surface area contributed by atoms with Crippen molar-refractivity contribution in [3.05, 3.63) is 35.6 Å². The third-order valence-electron chi connectivity index (χ3n) is 3.33. The number of benzene rings is 1. The summed E-state index contributed by atoms with van der Waals surface area (Å²) in [5.74, 6) is 0.212. The molecule has 0 saturated heterocycles. The molecule has 0 aliphatic carbocycles. The molecule has 2 heteroatoms. The normalized spacial score (nSPS) is 13.9. The SMILES string of the molecule is CC(c1ccc(F)cc1)C(C)(C)CCN. The fourth-order valence-electron chi connectivity index (χ4n) is 1.79. The summed E-state index contributed by atoms with van der Waals surface area (Å²) in [6.07, 6.45) is 0.978. The van der Waals surface area contributed by atoms with Gasteiger partial charge in [-0.2, -0.15) is 0 Å². The summed E-state index contributed by atoms with van der Waals surface area (Å²) < 4.78 is 12.8. The second kappa shape index (κ2) is 4.75. The zero-order valence-corrected chi connectivity index (χ0v) is 9.76. The Kier molecular flexibility index (Phi) is 3.86. The Labute approximate surface area is 91.5 Å². The molecule has 1 unspecified atom stereocenters. The molecule has 0 aromatic heterocycles. The molecule has 0 heterocycles. The maximum absolute atomic E-state index is 12.8. The minimum atomic E-state index is -0.178.